The number of anilines is 1. The Morgan fingerprint density at radius 2 is 2.21 bits per heavy atom. The van der Waals surface area contributed by atoms with E-state index >= 15 is 0 Å². The van der Waals surface area contributed by atoms with Gasteiger partial charge < -0.3 is 15.1 Å². The third-order valence-corrected chi connectivity index (χ3v) is 3.59. The van der Waals surface area contributed by atoms with Crippen LogP contribution in [-0.2, 0) is 6.54 Å². The van der Waals surface area contributed by atoms with Crippen LogP contribution in [0.15, 0.2) is 45.5 Å². The standard InChI is InChI=1S/C14H15BrN2OS/c1-2-17(9-11-4-3-7-18-11)13-8-10(15)5-6-12(13)14(16)19/h3-8H,2,9H2,1H3,(H2,16,19). The third kappa shape index (κ3) is 3.36. The van der Waals surface area contributed by atoms with Crippen molar-refractivity contribution in [3.63, 3.8) is 0 Å². The molecular weight excluding hydrogens is 324 g/mol. The second-order valence-electron chi connectivity index (χ2n) is 4.12. The van der Waals surface area contributed by atoms with E-state index in [0.717, 1.165) is 28.0 Å². The molecule has 5 heteroatoms. The third-order valence-electron chi connectivity index (χ3n) is 2.87. The van der Waals surface area contributed by atoms with E-state index in [1.54, 1.807) is 6.26 Å². The van der Waals surface area contributed by atoms with Gasteiger partial charge in [0.25, 0.3) is 0 Å². The molecule has 0 aliphatic heterocycles. The molecule has 2 N–H and O–H groups in total. The molecule has 100 valence electrons. The average molecular weight is 339 g/mol. The van der Waals surface area contributed by atoms with Crippen LogP contribution in [0.1, 0.15) is 18.2 Å². The number of rotatable bonds is 5. The zero-order valence-corrected chi connectivity index (χ0v) is 13.0. The van der Waals surface area contributed by atoms with Gasteiger partial charge in [-0.3, -0.25) is 0 Å². The first-order valence-electron chi connectivity index (χ1n) is 5.98. The van der Waals surface area contributed by atoms with E-state index < -0.39 is 0 Å². The van der Waals surface area contributed by atoms with Crippen molar-refractivity contribution in [1.82, 2.24) is 0 Å². The van der Waals surface area contributed by atoms with E-state index in [-0.39, 0.29) is 0 Å². The smallest absolute Gasteiger partial charge is 0.123 e. The Bertz CT molecular complexity index is 569. The van der Waals surface area contributed by atoms with Gasteiger partial charge in [-0.05, 0) is 37.3 Å². The monoisotopic (exact) mass is 338 g/mol. The van der Waals surface area contributed by atoms with Crippen molar-refractivity contribution in [2.75, 3.05) is 11.4 Å². The second kappa shape index (κ2) is 6.21. The second-order valence-corrected chi connectivity index (χ2v) is 5.47. The Balaban J connectivity index is 2.36. The summed E-state index contributed by atoms with van der Waals surface area (Å²) < 4.78 is 6.40. The van der Waals surface area contributed by atoms with E-state index in [1.807, 2.05) is 30.3 Å². The first-order chi connectivity index (χ1) is 9.11. The van der Waals surface area contributed by atoms with Gasteiger partial charge in [-0.15, -0.1) is 0 Å². The van der Waals surface area contributed by atoms with Crippen molar-refractivity contribution < 1.29 is 4.42 Å². The molecule has 0 aliphatic carbocycles. The fraction of sp³-hybridized carbons (Fsp3) is 0.214. The number of hydrogen-bond donors (Lipinski definition) is 1. The van der Waals surface area contributed by atoms with Gasteiger partial charge in [-0.2, -0.15) is 0 Å². The normalized spacial score (nSPS) is 10.4. The molecule has 0 unspecified atom stereocenters. The minimum absolute atomic E-state index is 0.403. The molecule has 1 aromatic heterocycles. The molecule has 3 nitrogen and oxygen atoms in total. The number of benzene rings is 1. The Labute approximate surface area is 126 Å². The number of halogens is 1. The lowest BCUT2D eigenvalue weighted by Crippen LogP contribution is -2.25. The van der Waals surface area contributed by atoms with Gasteiger partial charge in [-0.25, -0.2) is 0 Å². The van der Waals surface area contributed by atoms with Crippen molar-refractivity contribution in [2.24, 2.45) is 5.73 Å². The molecule has 0 aliphatic rings. The van der Waals surface area contributed by atoms with Crippen LogP contribution in [0.25, 0.3) is 0 Å². The summed E-state index contributed by atoms with van der Waals surface area (Å²) in [4.78, 5) is 2.58. The largest absolute Gasteiger partial charge is 0.467 e. The van der Waals surface area contributed by atoms with Crippen LogP contribution in [0.2, 0.25) is 0 Å². The van der Waals surface area contributed by atoms with E-state index in [1.165, 1.54) is 0 Å². The molecule has 0 atom stereocenters. The van der Waals surface area contributed by atoms with Crippen molar-refractivity contribution in [1.29, 1.82) is 0 Å². The lowest BCUT2D eigenvalue weighted by atomic mass is 10.1. The summed E-state index contributed by atoms with van der Waals surface area (Å²) in [5, 5.41) is 0. The molecule has 0 spiro atoms. The SMILES string of the molecule is CCN(Cc1ccco1)c1cc(Br)ccc1C(N)=S. The summed E-state index contributed by atoms with van der Waals surface area (Å²) in [7, 11) is 0. The van der Waals surface area contributed by atoms with Crippen LogP contribution in [0.5, 0.6) is 0 Å². The van der Waals surface area contributed by atoms with Crippen molar-refractivity contribution in [3.8, 4) is 0 Å². The van der Waals surface area contributed by atoms with Gasteiger partial charge in [0.05, 0.1) is 12.8 Å². The number of hydrogen-bond acceptors (Lipinski definition) is 3. The first-order valence-corrected chi connectivity index (χ1v) is 7.18. The van der Waals surface area contributed by atoms with Gasteiger partial charge in [0.2, 0.25) is 0 Å². The predicted octanol–water partition coefficient (Wildman–Crippen LogP) is 3.70. The van der Waals surface area contributed by atoms with Gasteiger partial charge in [0.1, 0.15) is 10.7 Å². The minimum atomic E-state index is 0.403. The summed E-state index contributed by atoms with van der Waals surface area (Å²) in [5.41, 5.74) is 7.69. The van der Waals surface area contributed by atoms with E-state index in [4.69, 9.17) is 22.4 Å². The highest BCUT2D eigenvalue weighted by molar-refractivity contribution is 9.10. The van der Waals surface area contributed by atoms with Crippen LogP contribution in [0.3, 0.4) is 0 Å². The van der Waals surface area contributed by atoms with Crippen LogP contribution in [0, 0.1) is 0 Å². The molecule has 2 rings (SSSR count). The lowest BCUT2D eigenvalue weighted by molar-refractivity contribution is 0.503. The molecule has 19 heavy (non-hydrogen) atoms. The van der Waals surface area contributed by atoms with Gasteiger partial charge in [0, 0.05) is 22.3 Å². The number of nitrogens with two attached hydrogens (primary N) is 1. The molecular formula is C14H15BrN2OS. The Morgan fingerprint density at radius 1 is 1.42 bits per heavy atom. The van der Waals surface area contributed by atoms with Crippen LogP contribution in [0.4, 0.5) is 5.69 Å². The van der Waals surface area contributed by atoms with Crippen molar-refractivity contribution in [2.45, 2.75) is 13.5 Å². The summed E-state index contributed by atoms with van der Waals surface area (Å²) in [6.07, 6.45) is 1.68. The highest BCUT2D eigenvalue weighted by Gasteiger charge is 2.13. The van der Waals surface area contributed by atoms with E-state index in [0.29, 0.717) is 11.5 Å². The highest BCUT2D eigenvalue weighted by Crippen LogP contribution is 2.26. The maximum Gasteiger partial charge on any atom is 0.123 e. The molecule has 2 aromatic rings. The van der Waals surface area contributed by atoms with Gasteiger partial charge in [-0.1, -0.05) is 28.1 Å². The molecule has 1 aromatic carbocycles. The summed E-state index contributed by atoms with van der Waals surface area (Å²) in [6, 6.07) is 9.76. The topological polar surface area (TPSA) is 42.4 Å². The zero-order chi connectivity index (χ0) is 13.8. The summed E-state index contributed by atoms with van der Waals surface area (Å²) >= 11 is 8.61. The highest BCUT2D eigenvalue weighted by atomic mass is 79.9. The molecule has 0 fully saturated rings. The van der Waals surface area contributed by atoms with E-state index in [9.17, 15) is 0 Å². The summed E-state index contributed by atoms with van der Waals surface area (Å²) in [5.74, 6) is 0.913. The number of furan rings is 1. The molecule has 0 saturated heterocycles. The van der Waals surface area contributed by atoms with Crippen molar-refractivity contribution >= 4 is 38.8 Å². The quantitative estimate of drug-likeness (QED) is 0.844. The fourth-order valence-electron chi connectivity index (χ4n) is 1.93. The predicted molar refractivity (Wildman–Crippen MR) is 85.5 cm³/mol. The molecule has 0 saturated carbocycles. The maximum atomic E-state index is 5.80. The van der Waals surface area contributed by atoms with Crippen LogP contribution >= 0.6 is 28.1 Å². The Hall–Kier alpha value is -1.33. The van der Waals surface area contributed by atoms with Crippen molar-refractivity contribution in [3.05, 3.63) is 52.4 Å². The van der Waals surface area contributed by atoms with E-state index in [2.05, 4.69) is 27.8 Å². The first kappa shape index (κ1) is 14.1. The van der Waals surface area contributed by atoms with Crippen LogP contribution < -0.4 is 10.6 Å². The van der Waals surface area contributed by atoms with Gasteiger partial charge in [0.15, 0.2) is 0 Å². The Morgan fingerprint density at radius 3 is 2.79 bits per heavy atom. The average Bonchev–Trinajstić information content (AvgIpc) is 2.88. The zero-order valence-electron chi connectivity index (χ0n) is 10.6. The van der Waals surface area contributed by atoms with Gasteiger partial charge >= 0.3 is 0 Å². The molecule has 1 heterocycles. The summed E-state index contributed by atoms with van der Waals surface area (Å²) in [6.45, 7) is 3.62. The molecule has 0 radical (unpaired) electrons. The molecule has 0 bridgehead atoms. The number of nitrogens with zero attached hydrogens (tertiary/aromatic N) is 1. The van der Waals surface area contributed by atoms with Crippen LogP contribution in [-0.4, -0.2) is 11.5 Å². The number of thiocarbonyl (C=S) groups is 1. The maximum absolute atomic E-state index is 5.80. The Kier molecular flexibility index (Phi) is 4.61. The lowest BCUT2D eigenvalue weighted by Gasteiger charge is -2.24. The fourth-order valence-corrected chi connectivity index (χ4v) is 2.45. The minimum Gasteiger partial charge on any atom is -0.467 e. The molecule has 0 amide bonds.